The number of hydrogen-bond acceptors (Lipinski definition) is 2. The Kier molecular flexibility index (Phi) is 2.08. The Morgan fingerprint density at radius 1 is 1.33 bits per heavy atom. The van der Waals surface area contributed by atoms with Crippen molar-refractivity contribution in [3.63, 3.8) is 0 Å². The minimum atomic E-state index is -0.388. The zero-order chi connectivity index (χ0) is 9.35. The second-order valence-electron chi connectivity index (χ2n) is 4.12. The first-order valence-corrected chi connectivity index (χ1v) is 4.00. The number of rotatable bonds is 0. The van der Waals surface area contributed by atoms with E-state index in [-0.39, 0.29) is 23.3 Å². The average Bonchev–Trinajstić information content (AvgIpc) is 1.83. The molecule has 0 aromatic rings. The van der Waals surface area contributed by atoms with Crippen molar-refractivity contribution in [3.05, 3.63) is 0 Å². The summed E-state index contributed by atoms with van der Waals surface area (Å²) in [5.74, 6) is -0.304. The van der Waals surface area contributed by atoms with Crippen LogP contribution in [0.2, 0.25) is 0 Å². The highest BCUT2D eigenvalue weighted by molar-refractivity contribution is 5.98. The highest BCUT2D eigenvalue weighted by Crippen LogP contribution is 2.26. The van der Waals surface area contributed by atoms with Gasteiger partial charge in [0, 0.05) is 6.54 Å². The van der Waals surface area contributed by atoms with Gasteiger partial charge in [-0.25, -0.2) is 4.79 Å². The van der Waals surface area contributed by atoms with E-state index in [0.29, 0.717) is 6.54 Å². The summed E-state index contributed by atoms with van der Waals surface area (Å²) >= 11 is 0. The van der Waals surface area contributed by atoms with E-state index in [1.165, 1.54) is 0 Å². The van der Waals surface area contributed by atoms with Gasteiger partial charge in [-0.3, -0.25) is 10.1 Å². The number of hydrogen-bond donors (Lipinski definition) is 2. The Bertz CT molecular complexity index is 218. The molecule has 1 atom stereocenters. The van der Waals surface area contributed by atoms with Crippen molar-refractivity contribution in [2.24, 2.45) is 11.3 Å². The Balaban J connectivity index is 2.69. The van der Waals surface area contributed by atoms with Crippen molar-refractivity contribution in [1.29, 1.82) is 0 Å². The van der Waals surface area contributed by atoms with E-state index in [1.807, 2.05) is 20.8 Å². The molecule has 68 valence electrons. The van der Waals surface area contributed by atoms with E-state index >= 15 is 0 Å². The van der Waals surface area contributed by atoms with Gasteiger partial charge in [0.15, 0.2) is 0 Å². The van der Waals surface area contributed by atoms with Gasteiger partial charge < -0.3 is 5.32 Å². The maximum Gasteiger partial charge on any atom is 0.321 e. The molecule has 2 N–H and O–H groups in total. The van der Waals surface area contributed by atoms with E-state index in [1.54, 1.807) is 0 Å². The molecule has 0 spiro atoms. The van der Waals surface area contributed by atoms with Crippen molar-refractivity contribution < 1.29 is 9.59 Å². The molecule has 4 heteroatoms. The molecule has 12 heavy (non-hydrogen) atoms. The molecule has 1 aliphatic rings. The molecule has 1 rings (SSSR count). The summed E-state index contributed by atoms with van der Waals surface area (Å²) in [6.07, 6.45) is 0. The van der Waals surface area contributed by atoms with Crippen LogP contribution in [0.15, 0.2) is 0 Å². The van der Waals surface area contributed by atoms with Crippen LogP contribution in [0.4, 0.5) is 4.79 Å². The highest BCUT2D eigenvalue weighted by Gasteiger charge is 2.35. The lowest BCUT2D eigenvalue weighted by molar-refractivity contribution is -0.127. The van der Waals surface area contributed by atoms with Crippen molar-refractivity contribution in [1.82, 2.24) is 10.6 Å². The van der Waals surface area contributed by atoms with Crippen molar-refractivity contribution in [2.45, 2.75) is 20.8 Å². The molecule has 0 aromatic carbocycles. The van der Waals surface area contributed by atoms with Gasteiger partial charge in [0.25, 0.3) is 0 Å². The third-order valence-electron chi connectivity index (χ3n) is 2.07. The summed E-state index contributed by atoms with van der Waals surface area (Å²) in [6, 6.07) is -0.388. The molecule has 0 bridgehead atoms. The van der Waals surface area contributed by atoms with Crippen LogP contribution >= 0.6 is 0 Å². The standard InChI is InChI=1S/C8H14N2O2/c1-8(2,3)5-4-9-7(12)10-6(5)11/h5H,4H2,1-3H3,(H2,9,10,11,12). The number of imide groups is 1. The molecule has 1 aliphatic heterocycles. The lowest BCUT2D eigenvalue weighted by atomic mass is 9.79. The zero-order valence-electron chi connectivity index (χ0n) is 7.60. The third kappa shape index (κ3) is 1.75. The molecule has 1 fully saturated rings. The van der Waals surface area contributed by atoms with Crippen LogP contribution in [-0.2, 0) is 4.79 Å². The maximum absolute atomic E-state index is 11.3. The molecular formula is C8H14N2O2. The van der Waals surface area contributed by atoms with Crippen LogP contribution in [0, 0.1) is 11.3 Å². The lowest BCUT2D eigenvalue weighted by Gasteiger charge is -2.32. The monoisotopic (exact) mass is 170 g/mol. The summed E-state index contributed by atoms with van der Waals surface area (Å²) in [5.41, 5.74) is -0.0994. The van der Waals surface area contributed by atoms with E-state index < -0.39 is 0 Å². The summed E-state index contributed by atoms with van der Waals surface area (Å²) in [7, 11) is 0. The Morgan fingerprint density at radius 3 is 2.33 bits per heavy atom. The molecule has 3 amide bonds. The fraction of sp³-hybridized carbons (Fsp3) is 0.750. The van der Waals surface area contributed by atoms with Crippen LogP contribution in [0.5, 0.6) is 0 Å². The van der Waals surface area contributed by atoms with Crippen LogP contribution < -0.4 is 10.6 Å². The van der Waals surface area contributed by atoms with Gasteiger partial charge in [-0.2, -0.15) is 0 Å². The van der Waals surface area contributed by atoms with Crippen LogP contribution in [0.3, 0.4) is 0 Å². The lowest BCUT2D eigenvalue weighted by Crippen LogP contribution is -2.55. The zero-order valence-corrected chi connectivity index (χ0v) is 7.60. The number of carbonyl (C=O) groups excluding carboxylic acids is 2. The Morgan fingerprint density at radius 2 is 1.92 bits per heavy atom. The predicted octanol–water partition coefficient (Wildman–Crippen LogP) is 0.488. The van der Waals surface area contributed by atoms with Gasteiger partial charge in [-0.1, -0.05) is 20.8 Å². The molecule has 1 saturated heterocycles. The normalized spacial score (nSPS) is 24.8. The van der Waals surface area contributed by atoms with Gasteiger partial charge in [-0.05, 0) is 5.41 Å². The molecule has 0 radical (unpaired) electrons. The van der Waals surface area contributed by atoms with Gasteiger partial charge in [-0.15, -0.1) is 0 Å². The molecule has 1 heterocycles. The minimum Gasteiger partial charge on any atom is -0.337 e. The topological polar surface area (TPSA) is 58.2 Å². The van der Waals surface area contributed by atoms with Crippen molar-refractivity contribution in [3.8, 4) is 0 Å². The summed E-state index contributed by atoms with van der Waals surface area (Å²) in [5, 5.41) is 4.85. The highest BCUT2D eigenvalue weighted by atomic mass is 16.2. The van der Waals surface area contributed by atoms with Gasteiger partial charge in [0.1, 0.15) is 0 Å². The Hall–Kier alpha value is -1.06. The number of nitrogens with one attached hydrogen (secondary N) is 2. The molecule has 0 aliphatic carbocycles. The van der Waals surface area contributed by atoms with Crippen molar-refractivity contribution in [2.75, 3.05) is 6.54 Å². The van der Waals surface area contributed by atoms with E-state index in [0.717, 1.165) is 0 Å². The summed E-state index contributed by atoms with van der Waals surface area (Å²) in [4.78, 5) is 22.0. The van der Waals surface area contributed by atoms with Crippen LogP contribution in [0.1, 0.15) is 20.8 Å². The number of carbonyl (C=O) groups is 2. The van der Waals surface area contributed by atoms with E-state index in [2.05, 4.69) is 10.6 Å². The number of urea groups is 1. The summed E-state index contributed by atoms with van der Waals surface area (Å²) < 4.78 is 0. The van der Waals surface area contributed by atoms with Crippen LogP contribution in [-0.4, -0.2) is 18.5 Å². The van der Waals surface area contributed by atoms with E-state index in [9.17, 15) is 9.59 Å². The maximum atomic E-state index is 11.3. The number of amides is 3. The minimum absolute atomic E-state index is 0.0994. The predicted molar refractivity (Wildman–Crippen MR) is 44.5 cm³/mol. The van der Waals surface area contributed by atoms with Gasteiger partial charge in [0.05, 0.1) is 5.92 Å². The first-order chi connectivity index (χ1) is 5.41. The second-order valence-corrected chi connectivity index (χ2v) is 4.12. The fourth-order valence-corrected chi connectivity index (χ4v) is 1.23. The van der Waals surface area contributed by atoms with Gasteiger partial charge in [0.2, 0.25) is 5.91 Å². The average molecular weight is 170 g/mol. The molecule has 1 unspecified atom stereocenters. The molecule has 4 nitrogen and oxygen atoms in total. The first kappa shape index (κ1) is 9.03. The smallest absolute Gasteiger partial charge is 0.321 e. The van der Waals surface area contributed by atoms with Gasteiger partial charge >= 0.3 is 6.03 Å². The fourth-order valence-electron chi connectivity index (χ4n) is 1.23. The quantitative estimate of drug-likeness (QED) is 0.555. The third-order valence-corrected chi connectivity index (χ3v) is 2.07. The summed E-state index contributed by atoms with van der Waals surface area (Å²) in [6.45, 7) is 6.38. The van der Waals surface area contributed by atoms with Crippen molar-refractivity contribution >= 4 is 11.9 Å². The molecule has 0 saturated carbocycles. The van der Waals surface area contributed by atoms with E-state index in [4.69, 9.17) is 0 Å². The largest absolute Gasteiger partial charge is 0.337 e. The Labute approximate surface area is 71.7 Å². The van der Waals surface area contributed by atoms with Crippen LogP contribution in [0.25, 0.3) is 0 Å². The first-order valence-electron chi connectivity index (χ1n) is 4.00. The molecule has 0 aromatic heterocycles. The second kappa shape index (κ2) is 2.77. The SMILES string of the molecule is CC(C)(C)C1CNC(=O)NC1=O. The molecular weight excluding hydrogens is 156 g/mol.